The lowest BCUT2D eigenvalue weighted by Gasteiger charge is -2.27. The highest BCUT2D eigenvalue weighted by molar-refractivity contribution is 8.00. The number of ether oxygens (including phenoxy) is 1. The van der Waals surface area contributed by atoms with Crippen LogP contribution in [0.3, 0.4) is 0 Å². The van der Waals surface area contributed by atoms with Gasteiger partial charge in [-0.05, 0) is 53.9 Å². The molecule has 1 amide bonds. The third kappa shape index (κ3) is 4.45. The lowest BCUT2D eigenvalue weighted by molar-refractivity contribution is -0.115. The average Bonchev–Trinajstić information content (AvgIpc) is 3.17. The zero-order valence-corrected chi connectivity index (χ0v) is 18.1. The Hall–Kier alpha value is -3.39. The van der Waals surface area contributed by atoms with Gasteiger partial charge in [0.25, 0.3) is 0 Å². The Morgan fingerprint density at radius 3 is 2.69 bits per heavy atom. The molecule has 1 saturated heterocycles. The molecule has 0 bridgehead atoms. The van der Waals surface area contributed by atoms with Crippen molar-refractivity contribution in [3.63, 3.8) is 0 Å². The van der Waals surface area contributed by atoms with Crippen LogP contribution in [0.4, 0.5) is 10.1 Å². The molecule has 1 aromatic heterocycles. The van der Waals surface area contributed by atoms with Crippen LogP contribution in [-0.2, 0) is 11.2 Å². The molecule has 1 aliphatic rings. The predicted molar refractivity (Wildman–Crippen MR) is 121 cm³/mol. The van der Waals surface area contributed by atoms with Crippen molar-refractivity contribution in [1.29, 1.82) is 0 Å². The number of carboxylic acid groups (broad SMARTS) is 1. The molecule has 4 rings (SSSR count). The van der Waals surface area contributed by atoms with Crippen molar-refractivity contribution in [3.8, 4) is 5.88 Å². The second-order valence-electron chi connectivity index (χ2n) is 7.29. The van der Waals surface area contributed by atoms with Crippen molar-refractivity contribution >= 4 is 29.3 Å². The Morgan fingerprint density at radius 1 is 1.22 bits per heavy atom. The summed E-state index contributed by atoms with van der Waals surface area (Å²) < 4.78 is 19.1. The standard InChI is InChI=1S/C24H21FN2O4S/c1-15-18(11-13-31-21-4-2-3-12-26-21)19(24(29)30)9-10-20(15)27-22(28)14-32-23(27)16-5-7-17(25)8-6-16/h2-10,12,23H,11,13-14H2,1H3,(H,29,30). The first-order valence-corrected chi connectivity index (χ1v) is 11.1. The number of nitrogens with zero attached hydrogens (tertiary/aromatic N) is 2. The van der Waals surface area contributed by atoms with Gasteiger partial charge in [0.05, 0.1) is 17.9 Å². The zero-order valence-electron chi connectivity index (χ0n) is 17.3. The van der Waals surface area contributed by atoms with Gasteiger partial charge in [0, 0.05) is 24.4 Å². The number of aromatic carboxylic acids is 1. The number of carboxylic acids is 1. The number of hydrogen-bond acceptors (Lipinski definition) is 5. The van der Waals surface area contributed by atoms with Gasteiger partial charge in [0.15, 0.2) is 0 Å². The van der Waals surface area contributed by atoms with Crippen molar-refractivity contribution in [2.24, 2.45) is 0 Å². The summed E-state index contributed by atoms with van der Waals surface area (Å²) in [6, 6.07) is 14.6. The van der Waals surface area contributed by atoms with Gasteiger partial charge >= 0.3 is 5.97 Å². The van der Waals surface area contributed by atoms with E-state index in [-0.39, 0.29) is 29.3 Å². The summed E-state index contributed by atoms with van der Waals surface area (Å²) in [6.45, 7) is 2.06. The van der Waals surface area contributed by atoms with Gasteiger partial charge in [0.1, 0.15) is 11.2 Å². The van der Waals surface area contributed by atoms with E-state index in [1.807, 2.05) is 13.0 Å². The minimum Gasteiger partial charge on any atom is -0.478 e. The summed E-state index contributed by atoms with van der Waals surface area (Å²) in [6.07, 6.45) is 1.96. The van der Waals surface area contributed by atoms with Crippen molar-refractivity contribution in [3.05, 3.63) is 88.9 Å². The fraction of sp³-hybridized carbons (Fsp3) is 0.208. The van der Waals surface area contributed by atoms with Crippen LogP contribution in [-0.4, -0.2) is 34.3 Å². The highest BCUT2D eigenvalue weighted by atomic mass is 32.2. The number of pyridine rings is 1. The topological polar surface area (TPSA) is 79.7 Å². The summed E-state index contributed by atoms with van der Waals surface area (Å²) in [5.41, 5.74) is 2.94. The number of rotatable bonds is 7. The number of thioether (sulfide) groups is 1. The second-order valence-corrected chi connectivity index (χ2v) is 8.35. The van der Waals surface area contributed by atoms with Gasteiger partial charge < -0.3 is 9.84 Å². The summed E-state index contributed by atoms with van der Waals surface area (Å²) in [7, 11) is 0. The number of carbonyl (C=O) groups excluding carboxylic acids is 1. The molecule has 1 aliphatic heterocycles. The molecular weight excluding hydrogens is 431 g/mol. The van der Waals surface area contributed by atoms with Gasteiger partial charge in [-0.15, -0.1) is 11.8 Å². The predicted octanol–water partition coefficient (Wildman–Crippen LogP) is 4.63. The molecule has 8 heteroatoms. The number of carbonyl (C=O) groups is 2. The van der Waals surface area contributed by atoms with Crippen LogP contribution in [0.2, 0.25) is 0 Å². The first-order valence-electron chi connectivity index (χ1n) is 10.0. The molecule has 0 saturated carbocycles. The third-order valence-corrected chi connectivity index (χ3v) is 6.53. The average molecular weight is 453 g/mol. The number of aromatic nitrogens is 1. The Morgan fingerprint density at radius 2 is 2.00 bits per heavy atom. The maximum Gasteiger partial charge on any atom is 0.335 e. The second kappa shape index (κ2) is 9.40. The molecule has 0 aliphatic carbocycles. The fourth-order valence-corrected chi connectivity index (χ4v) is 4.95. The number of hydrogen-bond donors (Lipinski definition) is 1. The normalized spacial score (nSPS) is 15.8. The highest BCUT2D eigenvalue weighted by Gasteiger charge is 2.35. The largest absolute Gasteiger partial charge is 0.478 e. The quantitative estimate of drug-likeness (QED) is 0.563. The van der Waals surface area contributed by atoms with Crippen molar-refractivity contribution in [2.75, 3.05) is 17.3 Å². The first-order chi connectivity index (χ1) is 15.5. The minimum atomic E-state index is -1.04. The zero-order chi connectivity index (χ0) is 22.7. The number of halogens is 1. The molecule has 1 unspecified atom stereocenters. The summed E-state index contributed by atoms with van der Waals surface area (Å²) in [5, 5.41) is 9.39. The Kier molecular flexibility index (Phi) is 6.41. The van der Waals surface area contributed by atoms with E-state index in [0.717, 1.165) is 5.56 Å². The van der Waals surface area contributed by atoms with Crippen LogP contribution in [0.1, 0.15) is 32.4 Å². The van der Waals surface area contributed by atoms with Crippen LogP contribution in [0.15, 0.2) is 60.8 Å². The molecule has 1 atom stereocenters. The van der Waals surface area contributed by atoms with Gasteiger partial charge in [-0.3, -0.25) is 9.69 Å². The Balaban J connectivity index is 1.66. The van der Waals surface area contributed by atoms with Crippen LogP contribution in [0.5, 0.6) is 5.88 Å². The molecule has 1 N–H and O–H groups in total. The molecule has 3 aromatic rings. The van der Waals surface area contributed by atoms with Crippen molar-refractivity contribution in [2.45, 2.75) is 18.7 Å². The van der Waals surface area contributed by atoms with E-state index in [9.17, 15) is 19.1 Å². The lowest BCUT2D eigenvalue weighted by Crippen LogP contribution is -2.29. The molecule has 0 spiro atoms. The van der Waals surface area contributed by atoms with E-state index in [1.165, 1.54) is 30.0 Å². The van der Waals surface area contributed by atoms with Gasteiger partial charge in [0.2, 0.25) is 11.8 Å². The van der Waals surface area contributed by atoms with Gasteiger partial charge in [-0.1, -0.05) is 18.2 Å². The Bertz CT molecular complexity index is 1140. The van der Waals surface area contributed by atoms with E-state index in [0.29, 0.717) is 34.9 Å². The summed E-state index contributed by atoms with van der Waals surface area (Å²) in [4.78, 5) is 30.4. The maximum absolute atomic E-state index is 13.4. The maximum atomic E-state index is 13.4. The van der Waals surface area contributed by atoms with Gasteiger partial charge in [-0.2, -0.15) is 0 Å². The fourth-order valence-electron chi connectivity index (χ4n) is 3.78. The minimum absolute atomic E-state index is 0.0776. The van der Waals surface area contributed by atoms with Crippen LogP contribution < -0.4 is 9.64 Å². The van der Waals surface area contributed by atoms with Crippen LogP contribution in [0, 0.1) is 12.7 Å². The highest BCUT2D eigenvalue weighted by Crippen LogP contribution is 2.43. The number of amides is 1. The van der Waals surface area contributed by atoms with Crippen LogP contribution >= 0.6 is 11.8 Å². The summed E-state index contributed by atoms with van der Waals surface area (Å²) >= 11 is 1.46. The van der Waals surface area contributed by atoms with E-state index in [1.54, 1.807) is 41.4 Å². The molecule has 0 radical (unpaired) electrons. The van der Waals surface area contributed by atoms with E-state index in [4.69, 9.17) is 4.74 Å². The molecule has 1 fully saturated rings. The van der Waals surface area contributed by atoms with Crippen LogP contribution in [0.25, 0.3) is 0 Å². The number of benzene rings is 2. The Labute approximate surface area is 189 Å². The third-order valence-electron chi connectivity index (χ3n) is 5.32. The molecular formula is C24H21FN2O4S. The smallest absolute Gasteiger partial charge is 0.335 e. The monoisotopic (exact) mass is 452 g/mol. The molecule has 164 valence electrons. The lowest BCUT2D eigenvalue weighted by atomic mass is 9.96. The molecule has 32 heavy (non-hydrogen) atoms. The molecule has 2 heterocycles. The summed E-state index contributed by atoms with van der Waals surface area (Å²) in [5.74, 6) is -0.705. The first kappa shape index (κ1) is 21.8. The SMILES string of the molecule is Cc1c(N2C(=O)CSC2c2ccc(F)cc2)ccc(C(=O)O)c1CCOc1ccccn1. The van der Waals surface area contributed by atoms with E-state index in [2.05, 4.69) is 4.98 Å². The van der Waals surface area contributed by atoms with Gasteiger partial charge in [-0.25, -0.2) is 14.2 Å². The molecule has 6 nitrogen and oxygen atoms in total. The number of anilines is 1. The molecule has 2 aromatic carbocycles. The van der Waals surface area contributed by atoms with Crippen molar-refractivity contribution < 1.29 is 23.8 Å². The van der Waals surface area contributed by atoms with E-state index < -0.39 is 5.97 Å². The van der Waals surface area contributed by atoms with Crippen molar-refractivity contribution in [1.82, 2.24) is 4.98 Å². The van der Waals surface area contributed by atoms with E-state index >= 15 is 0 Å².